The maximum absolute atomic E-state index is 12.5. The van der Waals surface area contributed by atoms with Gasteiger partial charge in [0.05, 0.1) is 0 Å². The van der Waals surface area contributed by atoms with Crippen LogP contribution in [0, 0.1) is 11.8 Å². The van der Waals surface area contributed by atoms with E-state index < -0.39 is 60.1 Å². The highest BCUT2D eigenvalue weighted by atomic mass is 16.4. The molecule has 3 atom stereocenters. The Bertz CT molecular complexity index is 575. The highest BCUT2D eigenvalue weighted by Gasteiger charge is 2.31. The molecule has 0 fully saturated rings. The van der Waals surface area contributed by atoms with Crippen LogP contribution >= 0.6 is 0 Å². The molecule has 0 aliphatic carbocycles. The molecule has 27 heavy (non-hydrogen) atoms. The number of rotatable bonds is 11. The molecular weight excluding hydrogens is 358 g/mol. The third kappa shape index (κ3) is 9.02. The maximum atomic E-state index is 12.5. The second kappa shape index (κ2) is 11.1. The molecule has 0 saturated heterocycles. The Morgan fingerprint density at radius 3 is 1.67 bits per heavy atom. The Labute approximate surface area is 158 Å². The molecule has 0 aromatic heterocycles. The van der Waals surface area contributed by atoms with E-state index in [1.54, 1.807) is 27.7 Å². The standard InChI is InChI=1S/C17H29N3O7/c1-8(2)13(18-10(5)21)16(25)19-11(6-7-12(22)23)15(24)20-14(9(3)4)17(26)27/h8-9,11,13-14H,6-7H2,1-5H3,(H,18,21)(H,19,25)(H,20,24)(H,22,23)(H,26,27)/t11-,13-,14-/m0/s1. The van der Waals surface area contributed by atoms with Gasteiger partial charge in [0.25, 0.3) is 0 Å². The van der Waals surface area contributed by atoms with E-state index in [9.17, 15) is 29.1 Å². The molecule has 0 rings (SSSR count). The highest BCUT2D eigenvalue weighted by Crippen LogP contribution is 2.07. The molecule has 154 valence electrons. The van der Waals surface area contributed by atoms with E-state index in [0.29, 0.717) is 0 Å². The van der Waals surface area contributed by atoms with Crippen LogP contribution in [0.25, 0.3) is 0 Å². The summed E-state index contributed by atoms with van der Waals surface area (Å²) in [5, 5.41) is 25.3. The minimum Gasteiger partial charge on any atom is -0.481 e. The van der Waals surface area contributed by atoms with Crippen LogP contribution < -0.4 is 16.0 Å². The fourth-order valence-corrected chi connectivity index (χ4v) is 2.32. The number of carbonyl (C=O) groups excluding carboxylic acids is 3. The first kappa shape index (κ1) is 24.4. The minimum atomic E-state index is -1.25. The van der Waals surface area contributed by atoms with E-state index in [0.717, 1.165) is 0 Å². The van der Waals surface area contributed by atoms with Crippen molar-refractivity contribution in [3.8, 4) is 0 Å². The topological polar surface area (TPSA) is 162 Å². The molecule has 10 nitrogen and oxygen atoms in total. The van der Waals surface area contributed by atoms with Crippen LogP contribution in [0.1, 0.15) is 47.5 Å². The maximum Gasteiger partial charge on any atom is 0.326 e. The molecule has 3 amide bonds. The van der Waals surface area contributed by atoms with E-state index in [1.165, 1.54) is 6.92 Å². The molecule has 10 heteroatoms. The summed E-state index contributed by atoms with van der Waals surface area (Å²) in [5.41, 5.74) is 0. The zero-order chi connectivity index (χ0) is 21.3. The van der Waals surface area contributed by atoms with E-state index in [2.05, 4.69) is 16.0 Å². The van der Waals surface area contributed by atoms with Gasteiger partial charge in [-0.05, 0) is 18.3 Å². The Morgan fingerprint density at radius 2 is 1.30 bits per heavy atom. The minimum absolute atomic E-state index is 0.220. The fraction of sp³-hybridized carbons (Fsp3) is 0.706. The van der Waals surface area contributed by atoms with Crippen LogP contribution in [0.2, 0.25) is 0 Å². The number of hydrogen-bond acceptors (Lipinski definition) is 5. The number of hydrogen-bond donors (Lipinski definition) is 5. The lowest BCUT2D eigenvalue weighted by Crippen LogP contribution is -2.57. The van der Waals surface area contributed by atoms with E-state index in [-0.39, 0.29) is 12.3 Å². The summed E-state index contributed by atoms with van der Waals surface area (Å²) in [6.07, 6.45) is -0.619. The lowest BCUT2D eigenvalue weighted by molar-refractivity contribution is -0.144. The molecule has 0 unspecified atom stereocenters. The van der Waals surface area contributed by atoms with Crippen molar-refractivity contribution in [2.45, 2.75) is 65.6 Å². The Kier molecular flexibility index (Phi) is 10.1. The average Bonchev–Trinajstić information content (AvgIpc) is 2.52. The van der Waals surface area contributed by atoms with Gasteiger partial charge in [-0.3, -0.25) is 19.2 Å². The first-order valence-electron chi connectivity index (χ1n) is 8.69. The second-order valence-electron chi connectivity index (χ2n) is 6.98. The number of aliphatic carboxylic acids is 2. The van der Waals surface area contributed by atoms with Gasteiger partial charge in [0.1, 0.15) is 18.1 Å². The van der Waals surface area contributed by atoms with Crippen molar-refractivity contribution in [1.82, 2.24) is 16.0 Å². The summed E-state index contributed by atoms with van der Waals surface area (Å²) in [6.45, 7) is 7.86. The van der Waals surface area contributed by atoms with Gasteiger partial charge in [-0.15, -0.1) is 0 Å². The lowest BCUT2D eigenvalue weighted by Gasteiger charge is -2.26. The number of carboxylic acid groups (broad SMARTS) is 2. The monoisotopic (exact) mass is 387 g/mol. The molecule has 0 spiro atoms. The van der Waals surface area contributed by atoms with Crippen LogP contribution in [-0.4, -0.2) is 58.0 Å². The molecule has 0 aromatic carbocycles. The van der Waals surface area contributed by atoms with Gasteiger partial charge in [-0.1, -0.05) is 27.7 Å². The van der Waals surface area contributed by atoms with E-state index in [1.807, 2.05) is 0 Å². The van der Waals surface area contributed by atoms with Crippen molar-refractivity contribution in [3.05, 3.63) is 0 Å². The highest BCUT2D eigenvalue weighted by molar-refractivity contribution is 5.93. The van der Waals surface area contributed by atoms with Gasteiger partial charge in [0.2, 0.25) is 17.7 Å². The summed E-state index contributed by atoms with van der Waals surface area (Å²) in [4.78, 5) is 58.3. The van der Waals surface area contributed by atoms with Gasteiger partial charge >= 0.3 is 11.9 Å². The molecule has 0 aliphatic rings. The molecule has 0 aliphatic heterocycles. The smallest absolute Gasteiger partial charge is 0.326 e. The van der Waals surface area contributed by atoms with Crippen LogP contribution in [0.4, 0.5) is 0 Å². The van der Waals surface area contributed by atoms with Gasteiger partial charge in [-0.25, -0.2) is 4.79 Å². The molecule has 0 bridgehead atoms. The number of nitrogens with one attached hydrogen (secondary N) is 3. The Hall–Kier alpha value is -2.65. The van der Waals surface area contributed by atoms with Crippen LogP contribution in [0.15, 0.2) is 0 Å². The SMILES string of the molecule is CC(=O)N[C@H](C(=O)N[C@@H](CCC(=O)O)C(=O)N[C@H](C(=O)O)C(C)C)C(C)C. The number of carbonyl (C=O) groups is 5. The van der Waals surface area contributed by atoms with Crippen LogP contribution in [0.5, 0.6) is 0 Å². The summed E-state index contributed by atoms with van der Waals surface area (Å²) in [7, 11) is 0. The lowest BCUT2D eigenvalue weighted by atomic mass is 10.0. The van der Waals surface area contributed by atoms with Crippen LogP contribution in [0.3, 0.4) is 0 Å². The van der Waals surface area contributed by atoms with Gasteiger partial charge in [0.15, 0.2) is 0 Å². The van der Waals surface area contributed by atoms with E-state index >= 15 is 0 Å². The van der Waals surface area contributed by atoms with Crippen LogP contribution in [-0.2, 0) is 24.0 Å². The summed E-state index contributed by atoms with van der Waals surface area (Å²) in [5.74, 6) is -4.97. The van der Waals surface area contributed by atoms with Gasteiger partial charge in [0, 0.05) is 13.3 Å². The van der Waals surface area contributed by atoms with E-state index in [4.69, 9.17) is 5.11 Å². The summed E-state index contributed by atoms with van der Waals surface area (Å²) in [6, 6.07) is -3.34. The second-order valence-corrected chi connectivity index (χ2v) is 6.98. The van der Waals surface area contributed by atoms with Crippen molar-refractivity contribution in [2.24, 2.45) is 11.8 Å². The third-order valence-corrected chi connectivity index (χ3v) is 3.82. The normalized spacial score (nSPS) is 14.2. The van der Waals surface area contributed by atoms with Crippen molar-refractivity contribution < 1.29 is 34.2 Å². The van der Waals surface area contributed by atoms with Crippen molar-refractivity contribution in [1.29, 1.82) is 0 Å². The Balaban J connectivity index is 5.35. The predicted octanol–water partition coefficient (Wildman–Crippen LogP) is -0.278. The molecule has 0 heterocycles. The van der Waals surface area contributed by atoms with Crippen molar-refractivity contribution >= 4 is 29.7 Å². The zero-order valence-electron chi connectivity index (χ0n) is 16.2. The fourth-order valence-electron chi connectivity index (χ4n) is 2.32. The summed E-state index contributed by atoms with van der Waals surface area (Å²) >= 11 is 0. The third-order valence-electron chi connectivity index (χ3n) is 3.82. The van der Waals surface area contributed by atoms with Gasteiger partial charge in [-0.2, -0.15) is 0 Å². The zero-order valence-corrected chi connectivity index (χ0v) is 16.2. The average molecular weight is 387 g/mol. The number of carboxylic acids is 2. The summed E-state index contributed by atoms with van der Waals surface area (Å²) < 4.78 is 0. The van der Waals surface area contributed by atoms with Crippen molar-refractivity contribution in [3.63, 3.8) is 0 Å². The predicted molar refractivity (Wildman–Crippen MR) is 95.6 cm³/mol. The van der Waals surface area contributed by atoms with Gasteiger partial charge < -0.3 is 26.2 Å². The number of amides is 3. The first-order valence-corrected chi connectivity index (χ1v) is 8.69. The quantitative estimate of drug-likeness (QED) is 0.326. The molecule has 0 aromatic rings. The molecule has 5 N–H and O–H groups in total. The molecule has 0 saturated carbocycles. The largest absolute Gasteiger partial charge is 0.481 e. The first-order chi connectivity index (χ1) is 12.4. The van der Waals surface area contributed by atoms with Crippen molar-refractivity contribution in [2.75, 3.05) is 0 Å². The molecule has 0 radical (unpaired) electrons. The molecular formula is C17H29N3O7. The Morgan fingerprint density at radius 1 is 0.778 bits per heavy atom.